The molecule has 0 atom stereocenters. The number of alkyl halides is 3. The first-order chi connectivity index (χ1) is 11.4. The molecule has 2 heterocycles. The van der Waals surface area contributed by atoms with E-state index >= 15 is 0 Å². The van der Waals surface area contributed by atoms with Gasteiger partial charge in [0.2, 0.25) is 5.82 Å². The summed E-state index contributed by atoms with van der Waals surface area (Å²) >= 11 is 0. The van der Waals surface area contributed by atoms with Crippen molar-refractivity contribution in [1.82, 2.24) is 19.5 Å². The summed E-state index contributed by atoms with van der Waals surface area (Å²) in [6, 6.07) is 10.8. The SMILES string of the molecule is Fc1cccc2c(-n3cnc4ccccc43)nc(C(F)(F)F)nc12. The smallest absolute Gasteiger partial charge is 0.282 e. The lowest BCUT2D eigenvalue weighted by atomic mass is 10.2. The molecule has 0 spiro atoms. The maximum absolute atomic E-state index is 14.0. The molecule has 4 aromatic rings. The van der Waals surface area contributed by atoms with Gasteiger partial charge in [0.15, 0.2) is 5.82 Å². The van der Waals surface area contributed by atoms with Crippen molar-refractivity contribution in [1.29, 1.82) is 0 Å². The Kier molecular flexibility index (Phi) is 3.02. The molecular weight excluding hydrogens is 324 g/mol. The first-order valence-electron chi connectivity index (χ1n) is 6.91. The fraction of sp³-hybridized carbons (Fsp3) is 0.0625. The third kappa shape index (κ3) is 2.18. The third-order valence-electron chi connectivity index (χ3n) is 3.59. The number of imidazole rings is 1. The Bertz CT molecular complexity index is 1070. The lowest BCUT2D eigenvalue weighted by Gasteiger charge is -2.12. The summed E-state index contributed by atoms with van der Waals surface area (Å²) in [6.07, 6.45) is -3.43. The molecule has 0 unspecified atom stereocenters. The zero-order chi connectivity index (χ0) is 16.9. The molecule has 0 aliphatic carbocycles. The van der Waals surface area contributed by atoms with Crippen LogP contribution in [0.25, 0.3) is 27.8 Å². The van der Waals surface area contributed by atoms with Gasteiger partial charge in [0, 0.05) is 5.39 Å². The molecule has 24 heavy (non-hydrogen) atoms. The second-order valence-corrected chi connectivity index (χ2v) is 5.11. The van der Waals surface area contributed by atoms with Crippen molar-refractivity contribution in [3.8, 4) is 5.82 Å². The van der Waals surface area contributed by atoms with Crippen LogP contribution in [0.4, 0.5) is 17.6 Å². The predicted octanol–water partition coefficient (Wildman–Crippen LogP) is 4.13. The molecule has 0 amide bonds. The van der Waals surface area contributed by atoms with Crippen LogP contribution in [-0.4, -0.2) is 19.5 Å². The molecule has 0 fully saturated rings. The summed E-state index contributed by atoms with van der Waals surface area (Å²) in [5.74, 6) is -2.31. The highest BCUT2D eigenvalue weighted by molar-refractivity contribution is 5.88. The second kappa shape index (κ2) is 4.98. The molecule has 0 radical (unpaired) electrons. The number of benzene rings is 2. The molecule has 0 saturated carbocycles. The molecule has 4 nitrogen and oxygen atoms in total. The number of halogens is 4. The Morgan fingerprint density at radius 3 is 2.50 bits per heavy atom. The lowest BCUT2D eigenvalue weighted by Crippen LogP contribution is -2.14. The van der Waals surface area contributed by atoms with Gasteiger partial charge in [-0.15, -0.1) is 0 Å². The quantitative estimate of drug-likeness (QED) is 0.492. The van der Waals surface area contributed by atoms with E-state index < -0.39 is 17.8 Å². The fourth-order valence-electron chi connectivity index (χ4n) is 2.54. The zero-order valence-electron chi connectivity index (χ0n) is 11.9. The van der Waals surface area contributed by atoms with Crippen LogP contribution in [0, 0.1) is 5.82 Å². The van der Waals surface area contributed by atoms with Crippen molar-refractivity contribution < 1.29 is 17.6 Å². The van der Waals surface area contributed by atoms with Gasteiger partial charge >= 0.3 is 6.18 Å². The first kappa shape index (κ1) is 14.6. The summed E-state index contributed by atoms with van der Waals surface area (Å²) in [4.78, 5) is 11.1. The number of fused-ring (bicyclic) bond motifs is 2. The van der Waals surface area contributed by atoms with Crippen LogP contribution in [0.2, 0.25) is 0 Å². The van der Waals surface area contributed by atoms with Crippen LogP contribution in [0.3, 0.4) is 0 Å². The van der Waals surface area contributed by atoms with E-state index in [1.165, 1.54) is 23.0 Å². The van der Waals surface area contributed by atoms with Gasteiger partial charge in [-0.05, 0) is 24.3 Å². The number of hydrogen-bond acceptors (Lipinski definition) is 3. The van der Waals surface area contributed by atoms with E-state index in [1.54, 1.807) is 24.3 Å². The van der Waals surface area contributed by atoms with Crippen molar-refractivity contribution in [2.45, 2.75) is 6.18 Å². The van der Waals surface area contributed by atoms with E-state index in [9.17, 15) is 17.6 Å². The van der Waals surface area contributed by atoms with E-state index in [2.05, 4.69) is 15.0 Å². The van der Waals surface area contributed by atoms with E-state index in [1.807, 2.05) is 0 Å². The maximum Gasteiger partial charge on any atom is 0.451 e. The fourth-order valence-corrected chi connectivity index (χ4v) is 2.54. The van der Waals surface area contributed by atoms with Crippen LogP contribution >= 0.6 is 0 Å². The van der Waals surface area contributed by atoms with Crippen LogP contribution in [0.15, 0.2) is 48.8 Å². The molecule has 0 bridgehead atoms. The van der Waals surface area contributed by atoms with E-state index in [-0.39, 0.29) is 16.7 Å². The Morgan fingerprint density at radius 1 is 0.917 bits per heavy atom. The van der Waals surface area contributed by atoms with Crippen molar-refractivity contribution in [2.24, 2.45) is 0 Å². The van der Waals surface area contributed by atoms with Crippen molar-refractivity contribution >= 4 is 21.9 Å². The van der Waals surface area contributed by atoms with Crippen molar-refractivity contribution in [3.63, 3.8) is 0 Å². The van der Waals surface area contributed by atoms with Gasteiger partial charge in [-0.1, -0.05) is 18.2 Å². The van der Waals surface area contributed by atoms with Gasteiger partial charge in [-0.2, -0.15) is 13.2 Å². The number of nitrogens with zero attached hydrogens (tertiary/aromatic N) is 4. The van der Waals surface area contributed by atoms with Gasteiger partial charge in [-0.25, -0.2) is 19.3 Å². The van der Waals surface area contributed by atoms with Gasteiger partial charge in [0.25, 0.3) is 0 Å². The van der Waals surface area contributed by atoms with Gasteiger partial charge in [0.05, 0.1) is 11.0 Å². The normalized spacial score (nSPS) is 12.2. The molecule has 4 rings (SSSR count). The largest absolute Gasteiger partial charge is 0.451 e. The maximum atomic E-state index is 14.0. The van der Waals surface area contributed by atoms with Crippen molar-refractivity contribution in [2.75, 3.05) is 0 Å². The highest BCUT2D eigenvalue weighted by Crippen LogP contribution is 2.31. The minimum absolute atomic E-state index is 0.0690. The lowest BCUT2D eigenvalue weighted by molar-refractivity contribution is -0.144. The number of aromatic nitrogens is 4. The predicted molar refractivity (Wildman–Crippen MR) is 79.1 cm³/mol. The van der Waals surface area contributed by atoms with E-state index in [4.69, 9.17) is 0 Å². The van der Waals surface area contributed by atoms with Crippen molar-refractivity contribution in [3.05, 3.63) is 60.4 Å². The molecule has 8 heteroatoms. The summed E-state index contributed by atoms with van der Waals surface area (Å²) in [6.45, 7) is 0. The third-order valence-corrected chi connectivity index (χ3v) is 3.59. The minimum Gasteiger partial charge on any atom is -0.282 e. The monoisotopic (exact) mass is 332 g/mol. The topological polar surface area (TPSA) is 43.6 Å². The van der Waals surface area contributed by atoms with Crippen LogP contribution in [-0.2, 0) is 6.18 Å². The standard InChI is InChI=1S/C16H8F4N4/c17-10-5-3-4-9-13(10)22-15(16(18,19)20)23-14(9)24-8-21-11-6-1-2-7-12(11)24/h1-8H. The Balaban J connectivity index is 2.12. The average molecular weight is 332 g/mol. The molecule has 0 N–H and O–H groups in total. The summed E-state index contributed by atoms with van der Waals surface area (Å²) < 4.78 is 54.7. The minimum atomic E-state index is -4.79. The molecule has 0 aliphatic heterocycles. The Labute approximate surface area is 132 Å². The molecule has 2 aromatic carbocycles. The van der Waals surface area contributed by atoms with Gasteiger partial charge in [-0.3, -0.25) is 4.57 Å². The van der Waals surface area contributed by atoms with Crippen LogP contribution in [0.1, 0.15) is 5.82 Å². The number of hydrogen-bond donors (Lipinski definition) is 0. The highest BCUT2D eigenvalue weighted by atomic mass is 19.4. The second-order valence-electron chi connectivity index (χ2n) is 5.11. The summed E-state index contributed by atoms with van der Waals surface area (Å²) in [5.41, 5.74) is 0.775. The van der Waals surface area contributed by atoms with E-state index in [0.29, 0.717) is 11.0 Å². The molecule has 0 aliphatic rings. The van der Waals surface area contributed by atoms with Gasteiger partial charge < -0.3 is 0 Å². The zero-order valence-corrected chi connectivity index (χ0v) is 11.9. The summed E-state index contributed by atoms with van der Waals surface area (Å²) in [7, 11) is 0. The average Bonchev–Trinajstić information content (AvgIpc) is 2.97. The molecular formula is C16H8F4N4. The van der Waals surface area contributed by atoms with Crippen LogP contribution < -0.4 is 0 Å². The Morgan fingerprint density at radius 2 is 1.71 bits per heavy atom. The highest BCUT2D eigenvalue weighted by Gasteiger charge is 2.36. The molecule has 0 saturated heterocycles. The van der Waals surface area contributed by atoms with Crippen LogP contribution in [0.5, 0.6) is 0 Å². The molecule has 120 valence electrons. The number of para-hydroxylation sites is 3. The van der Waals surface area contributed by atoms with E-state index in [0.717, 1.165) is 6.07 Å². The Hall–Kier alpha value is -3.03. The summed E-state index contributed by atoms with van der Waals surface area (Å²) in [5, 5.41) is 0.172. The number of rotatable bonds is 1. The first-order valence-corrected chi connectivity index (χ1v) is 6.91. The van der Waals surface area contributed by atoms with Gasteiger partial charge in [0.1, 0.15) is 17.7 Å². The molecule has 2 aromatic heterocycles.